The standard InChI is InChI=1S/C26H23N3O5S/c1-17-7-6-12-28-24(30)15-21(27-25(17)28)16-34-26(31)20-9-5-10-22(14-20)35(32,33)29-18(2)13-19-8-3-4-11-23(19)29/h3-12,14-15,18H,13,16H2,1-2H3. The molecule has 1 unspecified atom stereocenters. The normalized spacial score (nSPS) is 15.3. The lowest BCUT2D eigenvalue weighted by molar-refractivity contribution is 0.0467. The van der Waals surface area contributed by atoms with Crippen molar-refractivity contribution in [3.63, 3.8) is 0 Å². The van der Waals surface area contributed by atoms with Crippen LogP contribution in [0.15, 0.2) is 82.6 Å². The van der Waals surface area contributed by atoms with E-state index in [1.165, 1.54) is 39.0 Å². The Bertz CT molecular complexity index is 1630. The number of para-hydroxylation sites is 1. The van der Waals surface area contributed by atoms with Crippen molar-refractivity contribution in [2.24, 2.45) is 0 Å². The third-order valence-electron chi connectivity index (χ3n) is 6.06. The van der Waals surface area contributed by atoms with Gasteiger partial charge in [0.15, 0.2) is 0 Å². The molecule has 1 aliphatic heterocycles. The maximum atomic E-state index is 13.5. The van der Waals surface area contributed by atoms with Crippen molar-refractivity contribution in [3.8, 4) is 0 Å². The van der Waals surface area contributed by atoms with Crippen LogP contribution in [-0.2, 0) is 27.8 Å². The van der Waals surface area contributed by atoms with Crippen molar-refractivity contribution >= 4 is 27.3 Å². The number of carbonyl (C=O) groups excluding carboxylic acids is 1. The number of anilines is 1. The summed E-state index contributed by atoms with van der Waals surface area (Å²) in [6, 6.07) is 17.9. The number of hydrogen-bond acceptors (Lipinski definition) is 6. The molecule has 1 atom stereocenters. The van der Waals surface area contributed by atoms with Crippen LogP contribution in [0.1, 0.15) is 34.1 Å². The number of esters is 1. The second kappa shape index (κ2) is 8.66. The Hall–Kier alpha value is -3.98. The van der Waals surface area contributed by atoms with E-state index < -0.39 is 16.0 Å². The number of sulfonamides is 1. The SMILES string of the molecule is Cc1cccn2c(=O)cc(COC(=O)c3cccc(S(=O)(=O)N4c5ccccc5CC4C)c3)nc12. The smallest absolute Gasteiger partial charge is 0.338 e. The number of fused-ring (bicyclic) bond motifs is 2. The van der Waals surface area contributed by atoms with Gasteiger partial charge in [0.05, 0.1) is 21.8 Å². The minimum atomic E-state index is -3.89. The Kier molecular flexibility index (Phi) is 5.64. The number of pyridine rings is 1. The van der Waals surface area contributed by atoms with Gasteiger partial charge >= 0.3 is 5.97 Å². The average molecular weight is 490 g/mol. The largest absolute Gasteiger partial charge is 0.456 e. The quantitative estimate of drug-likeness (QED) is 0.398. The lowest BCUT2D eigenvalue weighted by Crippen LogP contribution is -2.35. The van der Waals surface area contributed by atoms with Crippen LogP contribution >= 0.6 is 0 Å². The maximum Gasteiger partial charge on any atom is 0.338 e. The Balaban J connectivity index is 1.39. The highest BCUT2D eigenvalue weighted by atomic mass is 32.2. The molecule has 0 saturated heterocycles. The average Bonchev–Trinajstić information content (AvgIpc) is 3.19. The fraction of sp³-hybridized carbons (Fsp3) is 0.192. The van der Waals surface area contributed by atoms with Crippen LogP contribution in [0.2, 0.25) is 0 Å². The summed E-state index contributed by atoms with van der Waals surface area (Å²) in [4.78, 5) is 29.6. The number of nitrogens with zero attached hydrogens (tertiary/aromatic N) is 3. The minimum Gasteiger partial charge on any atom is -0.456 e. The van der Waals surface area contributed by atoms with Crippen molar-refractivity contribution in [1.82, 2.24) is 9.38 Å². The molecule has 0 saturated carbocycles. The fourth-order valence-electron chi connectivity index (χ4n) is 4.41. The lowest BCUT2D eigenvalue weighted by atomic mass is 10.1. The van der Waals surface area contributed by atoms with Gasteiger partial charge in [-0.3, -0.25) is 13.5 Å². The third kappa shape index (κ3) is 4.08. The van der Waals surface area contributed by atoms with Crippen LogP contribution in [0.5, 0.6) is 0 Å². The van der Waals surface area contributed by atoms with Gasteiger partial charge in [-0.2, -0.15) is 0 Å². The van der Waals surface area contributed by atoms with Gasteiger partial charge in [0, 0.05) is 18.3 Å². The monoisotopic (exact) mass is 489 g/mol. The summed E-state index contributed by atoms with van der Waals surface area (Å²) in [7, 11) is -3.89. The molecule has 0 radical (unpaired) electrons. The topological polar surface area (TPSA) is 98.0 Å². The highest BCUT2D eigenvalue weighted by Gasteiger charge is 2.36. The molecular weight excluding hydrogens is 466 g/mol. The number of carbonyl (C=O) groups is 1. The zero-order valence-electron chi connectivity index (χ0n) is 19.2. The van der Waals surface area contributed by atoms with Gasteiger partial charge in [-0.05, 0) is 61.7 Å². The van der Waals surface area contributed by atoms with Crippen molar-refractivity contribution in [2.45, 2.75) is 37.8 Å². The predicted molar refractivity (Wildman–Crippen MR) is 131 cm³/mol. The zero-order valence-corrected chi connectivity index (χ0v) is 20.0. The van der Waals surface area contributed by atoms with Crippen LogP contribution < -0.4 is 9.86 Å². The van der Waals surface area contributed by atoms with E-state index in [1.807, 2.05) is 32.0 Å². The van der Waals surface area contributed by atoms with Crippen LogP contribution in [0.25, 0.3) is 5.65 Å². The van der Waals surface area contributed by atoms with Crippen LogP contribution in [-0.4, -0.2) is 29.8 Å². The Morgan fingerprint density at radius 3 is 2.71 bits per heavy atom. The van der Waals surface area contributed by atoms with E-state index >= 15 is 0 Å². The van der Waals surface area contributed by atoms with Gasteiger partial charge in [0.25, 0.3) is 15.6 Å². The summed E-state index contributed by atoms with van der Waals surface area (Å²) in [5.74, 6) is -0.705. The Labute approximate surface area is 202 Å². The molecule has 2 aromatic heterocycles. The number of hydrogen-bond donors (Lipinski definition) is 0. The van der Waals surface area contributed by atoms with Gasteiger partial charge < -0.3 is 4.74 Å². The first kappa shape index (κ1) is 22.8. The van der Waals surface area contributed by atoms with Gasteiger partial charge in [-0.1, -0.05) is 30.3 Å². The molecule has 0 aliphatic carbocycles. The second-order valence-electron chi connectivity index (χ2n) is 8.56. The number of aryl methyl sites for hydroxylation is 1. The van der Waals surface area contributed by atoms with Gasteiger partial charge in [-0.15, -0.1) is 0 Å². The van der Waals surface area contributed by atoms with Gasteiger partial charge in [0.2, 0.25) is 0 Å². The minimum absolute atomic E-state index is 0.00759. The van der Waals surface area contributed by atoms with Gasteiger partial charge in [0.1, 0.15) is 12.3 Å². The van der Waals surface area contributed by atoms with Crippen molar-refractivity contribution in [2.75, 3.05) is 4.31 Å². The third-order valence-corrected chi connectivity index (χ3v) is 7.99. The number of aromatic nitrogens is 2. The van der Waals surface area contributed by atoms with E-state index in [0.29, 0.717) is 23.4 Å². The van der Waals surface area contributed by atoms with E-state index in [9.17, 15) is 18.0 Å². The van der Waals surface area contributed by atoms with Crippen molar-refractivity contribution in [1.29, 1.82) is 0 Å². The molecule has 35 heavy (non-hydrogen) atoms. The molecule has 1 aliphatic rings. The van der Waals surface area contributed by atoms with E-state index in [2.05, 4.69) is 4.98 Å². The first-order valence-corrected chi connectivity index (χ1v) is 12.6. The number of rotatable bonds is 5. The number of ether oxygens (including phenoxy) is 1. The Morgan fingerprint density at radius 2 is 1.89 bits per heavy atom. The van der Waals surface area contributed by atoms with Crippen molar-refractivity contribution < 1.29 is 17.9 Å². The summed E-state index contributed by atoms with van der Waals surface area (Å²) < 4.78 is 35.2. The summed E-state index contributed by atoms with van der Waals surface area (Å²) in [6.07, 6.45) is 2.24. The molecule has 178 valence electrons. The van der Waals surface area contributed by atoms with E-state index in [-0.39, 0.29) is 28.7 Å². The first-order chi connectivity index (χ1) is 16.8. The molecule has 0 bridgehead atoms. The molecule has 0 spiro atoms. The molecule has 0 amide bonds. The highest BCUT2D eigenvalue weighted by Crippen LogP contribution is 2.36. The fourth-order valence-corrected chi connectivity index (χ4v) is 6.15. The summed E-state index contributed by atoms with van der Waals surface area (Å²) in [6.45, 7) is 3.48. The highest BCUT2D eigenvalue weighted by molar-refractivity contribution is 7.92. The molecule has 0 N–H and O–H groups in total. The van der Waals surface area contributed by atoms with Crippen LogP contribution in [0, 0.1) is 6.92 Å². The summed E-state index contributed by atoms with van der Waals surface area (Å²) >= 11 is 0. The number of benzene rings is 2. The molecule has 4 aromatic rings. The molecule has 0 fully saturated rings. The van der Waals surface area contributed by atoms with E-state index in [0.717, 1.165) is 11.1 Å². The predicted octanol–water partition coefficient (Wildman–Crippen LogP) is 3.50. The van der Waals surface area contributed by atoms with Crippen LogP contribution in [0.3, 0.4) is 0 Å². The molecule has 2 aromatic carbocycles. The van der Waals surface area contributed by atoms with E-state index in [4.69, 9.17) is 4.74 Å². The lowest BCUT2D eigenvalue weighted by Gasteiger charge is -2.24. The zero-order chi connectivity index (χ0) is 24.7. The summed E-state index contributed by atoms with van der Waals surface area (Å²) in [5, 5.41) is 0. The molecule has 9 heteroatoms. The maximum absolute atomic E-state index is 13.5. The van der Waals surface area contributed by atoms with Gasteiger partial charge in [-0.25, -0.2) is 18.2 Å². The Morgan fingerprint density at radius 1 is 1.09 bits per heavy atom. The first-order valence-electron chi connectivity index (χ1n) is 11.1. The van der Waals surface area contributed by atoms with Crippen LogP contribution in [0.4, 0.5) is 5.69 Å². The van der Waals surface area contributed by atoms with E-state index in [1.54, 1.807) is 24.4 Å². The summed E-state index contributed by atoms with van der Waals surface area (Å²) in [5.41, 5.74) is 3.04. The van der Waals surface area contributed by atoms with Crippen molar-refractivity contribution in [3.05, 3.63) is 106 Å². The molecule has 3 heterocycles. The second-order valence-corrected chi connectivity index (χ2v) is 10.4. The molecule has 5 rings (SSSR count). The molecule has 8 nitrogen and oxygen atoms in total. The molecular formula is C26H23N3O5S.